The summed E-state index contributed by atoms with van der Waals surface area (Å²) in [7, 11) is 0. The van der Waals surface area contributed by atoms with E-state index in [-0.39, 0.29) is 6.10 Å². The first-order chi connectivity index (χ1) is 15.7. The van der Waals surface area contributed by atoms with Crippen LogP contribution in [0.2, 0.25) is 0 Å². The first-order valence-corrected chi connectivity index (χ1v) is 14.5. The van der Waals surface area contributed by atoms with Crippen LogP contribution in [0.1, 0.15) is 119 Å². The van der Waals surface area contributed by atoms with Gasteiger partial charge in [0.2, 0.25) is 0 Å². The summed E-state index contributed by atoms with van der Waals surface area (Å²) in [4.78, 5) is 0. The summed E-state index contributed by atoms with van der Waals surface area (Å²) in [6, 6.07) is 0. The Kier molecular flexibility index (Phi) is 7.45. The molecule has 0 saturated heterocycles. The lowest BCUT2D eigenvalue weighted by Gasteiger charge is -2.59. The molecule has 0 amide bonds. The minimum Gasteiger partial charge on any atom is -0.390 e. The van der Waals surface area contributed by atoms with Crippen molar-refractivity contribution in [3.05, 3.63) is 11.6 Å². The van der Waals surface area contributed by atoms with Crippen molar-refractivity contribution in [3.8, 4) is 0 Å². The molecule has 0 spiro atoms. The molecule has 8 atom stereocenters. The predicted octanol–water partition coefficient (Wildman–Crippen LogP) is 7.30. The molecule has 0 heterocycles. The van der Waals surface area contributed by atoms with Gasteiger partial charge in [-0.15, -0.1) is 0 Å². The highest BCUT2D eigenvalue weighted by molar-refractivity contribution is 5.25. The second kappa shape index (κ2) is 9.49. The fourth-order valence-electron chi connectivity index (χ4n) is 9.17. The van der Waals surface area contributed by atoms with Crippen LogP contribution in [0.3, 0.4) is 0 Å². The van der Waals surface area contributed by atoms with Gasteiger partial charge in [0.05, 0.1) is 23.9 Å². The van der Waals surface area contributed by atoms with E-state index in [4.69, 9.17) is 4.74 Å². The second-order valence-corrected chi connectivity index (χ2v) is 14.6. The molecule has 0 aromatic carbocycles. The summed E-state index contributed by atoms with van der Waals surface area (Å²) in [6.07, 6.45) is 16.6. The lowest BCUT2D eigenvalue weighted by Crippen LogP contribution is -2.51. The molecular weight excluding hydrogens is 420 g/mol. The summed E-state index contributed by atoms with van der Waals surface area (Å²) < 4.78 is 6.11. The van der Waals surface area contributed by atoms with Gasteiger partial charge in [0.25, 0.3) is 0 Å². The largest absolute Gasteiger partial charge is 0.390 e. The van der Waals surface area contributed by atoms with Gasteiger partial charge >= 0.3 is 0 Å². The molecule has 196 valence electrons. The first kappa shape index (κ1) is 26.7. The lowest BCUT2D eigenvalue weighted by molar-refractivity contribution is -0.0748. The minimum atomic E-state index is -0.755. The van der Waals surface area contributed by atoms with Crippen molar-refractivity contribution in [2.75, 3.05) is 6.61 Å². The second-order valence-electron chi connectivity index (χ2n) is 14.6. The minimum absolute atomic E-state index is 0.181. The molecule has 0 aromatic heterocycles. The zero-order chi connectivity index (χ0) is 24.9. The number of hydrogen-bond donors (Lipinski definition) is 2. The van der Waals surface area contributed by atoms with Crippen molar-refractivity contribution >= 4 is 0 Å². The molecule has 0 aliphatic heterocycles. The van der Waals surface area contributed by atoms with Crippen LogP contribution < -0.4 is 0 Å². The zero-order valence-electron chi connectivity index (χ0n) is 23.3. The highest BCUT2D eigenvalue weighted by Gasteiger charge is 2.59. The first-order valence-electron chi connectivity index (χ1n) is 14.5. The summed E-state index contributed by atoms with van der Waals surface area (Å²) in [5, 5.41) is 20.2. The maximum atomic E-state index is 10.1. The maximum Gasteiger partial charge on any atom is 0.0824 e. The van der Waals surface area contributed by atoms with E-state index in [2.05, 4.69) is 26.8 Å². The van der Waals surface area contributed by atoms with Crippen LogP contribution in [0.4, 0.5) is 0 Å². The van der Waals surface area contributed by atoms with E-state index in [1.54, 1.807) is 5.57 Å². The van der Waals surface area contributed by atoms with Crippen molar-refractivity contribution in [1.82, 2.24) is 0 Å². The predicted molar refractivity (Wildman–Crippen MR) is 141 cm³/mol. The quantitative estimate of drug-likeness (QED) is 0.363. The molecule has 34 heavy (non-hydrogen) atoms. The van der Waals surface area contributed by atoms with Gasteiger partial charge in [-0.2, -0.15) is 0 Å². The van der Waals surface area contributed by atoms with Crippen LogP contribution in [-0.4, -0.2) is 34.1 Å². The molecule has 4 aliphatic rings. The van der Waals surface area contributed by atoms with Crippen molar-refractivity contribution in [1.29, 1.82) is 0 Å². The van der Waals surface area contributed by atoms with Gasteiger partial charge in [-0.3, -0.25) is 0 Å². The maximum absolute atomic E-state index is 10.1. The Balaban J connectivity index is 1.42. The van der Waals surface area contributed by atoms with Crippen molar-refractivity contribution in [3.63, 3.8) is 0 Å². The van der Waals surface area contributed by atoms with Crippen LogP contribution in [0.5, 0.6) is 0 Å². The molecule has 3 fully saturated rings. The molecule has 0 unspecified atom stereocenters. The number of hydrogen-bond acceptors (Lipinski definition) is 3. The third-order valence-electron chi connectivity index (χ3n) is 10.9. The van der Waals surface area contributed by atoms with E-state index >= 15 is 0 Å². The van der Waals surface area contributed by atoms with Crippen molar-refractivity contribution < 1.29 is 14.9 Å². The average molecular weight is 475 g/mol. The molecular formula is C31H54O3. The van der Waals surface area contributed by atoms with E-state index in [1.165, 1.54) is 51.4 Å². The SMILES string of the molecule is C[C@H](CCCC(C)(C)O)[C@H]1CC[C@H]2[C@@H]3CCC4=C[C@@H](OCC(C)(C)O)CC[C@]4(C)[C@H]3CC[C@]12C. The topological polar surface area (TPSA) is 49.7 Å². The molecule has 0 bridgehead atoms. The number of ether oxygens (including phenoxy) is 1. The smallest absolute Gasteiger partial charge is 0.0824 e. The average Bonchev–Trinajstić information content (AvgIpc) is 3.08. The van der Waals surface area contributed by atoms with Gasteiger partial charge in [0.15, 0.2) is 0 Å². The van der Waals surface area contributed by atoms with Gasteiger partial charge in [0, 0.05) is 0 Å². The molecule has 3 saturated carbocycles. The number of rotatable bonds is 8. The molecule has 3 heteroatoms. The highest BCUT2D eigenvalue weighted by atomic mass is 16.5. The molecule has 2 N–H and O–H groups in total. The normalized spacial score (nSPS) is 41.3. The van der Waals surface area contributed by atoms with E-state index in [0.717, 1.165) is 48.9 Å². The van der Waals surface area contributed by atoms with Crippen LogP contribution in [0.25, 0.3) is 0 Å². The van der Waals surface area contributed by atoms with Crippen molar-refractivity contribution in [2.45, 2.75) is 136 Å². The Morgan fingerprint density at radius 3 is 2.38 bits per heavy atom. The molecule has 3 nitrogen and oxygen atoms in total. The molecule has 0 aromatic rings. The Labute approximate surface area is 210 Å². The fourth-order valence-corrected chi connectivity index (χ4v) is 9.17. The summed E-state index contributed by atoms with van der Waals surface area (Å²) in [5.74, 6) is 4.26. The van der Waals surface area contributed by atoms with Crippen LogP contribution in [0, 0.1) is 40.4 Å². The standard InChI is InChI=1S/C31H54O3/c1-21(9-8-16-28(2,3)32)25-12-13-26-24-11-10-22-19-23(34-20-29(4,5)33)14-17-30(22,6)27(24)15-18-31(25,26)7/h19,21,23-27,32-33H,8-18,20H2,1-7H3/t21-,23+,24+,25-,26+,27+,30+,31-/m1/s1. The van der Waals surface area contributed by atoms with Crippen LogP contribution in [0.15, 0.2) is 11.6 Å². The Morgan fingerprint density at radius 2 is 1.71 bits per heavy atom. The van der Waals surface area contributed by atoms with Gasteiger partial charge in [-0.25, -0.2) is 0 Å². The third-order valence-corrected chi connectivity index (χ3v) is 10.9. The molecule has 4 aliphatic carbocycles. The Bertz CT molecular complexity index is 743. The number of allylic oxidation sites excluding steroid dienone is 1. The fraction of sp³-hybridized carbons (Fsp3) is 0.935. The van der Waals surface area contributed by atoms with E-state index in [1.807, 2.05) is 27.7 Å². The van der Waals surface area contributed by atoms with Crippen LogP contribution in [-0.2, 0) is 4.74 Å². The molecule has 0 radical (unpaired) electrons. The summed E-state index contributed by atoms with van der Waals surface area (Å²) >= 11 is 0. The summed E-state index contributed by atoms with van der Waals surface area (Å²) in [5.41, 5.74) is 1.25. The third kappa shape index (κ3) is 5.32. The van der Waals surface area contributed by atoms with Gasteiger partial charge in [0.1, 0.15) is 0 Å². The number of fused-ring (bicyclic) bond motifs is 5. The lowest BCUT2D eigenvalue weighted by atomic mass is 9.46. The number of aliphatic hydroxyl groups is 2. The van der Waals surface area contributed by atoms with Gasteiger partial charge < -0.3 is 14.9 Å². The monoisotopic (exact) mass is 474 g/mol. The van der Waals surface area contributed by atoms with E-state index < -0.39 is 11.2 Å². The zero-order valence-corrected chi connectivity index (χ0v) is 23.3. The Hall–Kier alpha value is -0.380. The van der Waals surface area contributed by atoms with Gasteiger partial charge in [-0.05, 0) is 126 Å². The molecule has 4 rings (SSSR count). The van der Waals surface area contributed by atoms with Crippen LogP contribution >= 0.6 is 0 Å². The highest BCUT2D eigenvalue weighted by Crippen LogP contribution is 2.67. The van der Waals surface area contributed by atoms with Gasteiger partial charge in [-0.1, -0.05) is 45.3 Å². The van der Waals surface area contributed by atoms with Crippen molar-refractivity contribution in [2.24, 2.45) is 40.4 Å². The van der Waals surface area contributed by atoms with E-state index in [9.17, 15) is 10.2 Å². The Morgan fingerprint density at radius 1 is 0.971 bits per heavy atom. The van der Waals surface area contributed by atoms with E-state index in [0.29, 0.717) is 17.4 Å². The summed E-state index contributed by atoms with van der Waals surface area (Å²) in [6.45, 7) is 15.7.